The number of nitrogens with zero attached hydrogens (tertiary/aromatic N) is 3. The minimum absolute atomic E-state index is 0.0297. The molecular weight excluding hydrogens is 415 g/mol. The Hall–Kier alpha value is -3.40. The van der Waals surface area contributed by atoms with Crippen molar-refractivity contribution in [2.24, 2.45) is 5.92 Å². The van der Waals surface area contributed by atoms with Gasteiger partial charge in [0.25, 0.3) is 5.91 Å². The number of carbonyl (C=O) groups excluding carboxylic acids is 3. The van der Waals surface area contributed by atoms with E-state index in [1.54, 1.807) is 26.1 Å². The first-order valence-corrected chi connectivity index (χ1v) is 10.4. The Kier molecular flexibility index (Phi) is 7.14. The minimum Gasteiger partial charge on any atom is -0.343 e. The summed E-state index contributed by atoms with van der Waals surface area (Å²) in [6.45, 7) is 5.30. The third kappa shape index (κ3) is 4.75. The monoisotopic (exact) mass is 442 g/mol. The van der Waals surface area contributed by atoms with Gasteiger partial charge in [0.05, 0.1) is 17.9 Å². The zero-order valence-corrected chi connectivity index (χ0v) is 18.4. The molecule has 32 heavy (non-hydrogen) atoms. The number of amides is 3. The number of hydrogen-bond donors (Lipinski definition) is 3. The van der Waals surface area contributed by atoms with E-state index in [4.69, 9.17) is 0 Å². The van der Waals surface area contributed by atoms with Gasteiger partial charge in [0.2, 0.25) is 11.8 Å². The summed E-state index contributed by atoms with van der Waals surface area (Å²) >= 11 is 0. The second-order valence-electron chi connectivity index (χ2n) is 8.00. The number of nitrogens with one attached hydrogen (secondary N) is 3. The van der Waals surface area contributed by atoms with Crippen LogP contribution >= 0.6 is 0 Å². The first-order chi connectivity index (χ1) is 15.2. The molecule has 0 bridgehead atoms. The molecule has 1 aliphatic heterocycles. The van der Waals surface area contributed by atoms with Gasteiger partial charge in [-0.25, -0.2) is 9.37 Å². The Bertz CT molecular complexity index is 1010. The van der Waals surface area contributed by atoms with E-state index in [1.165, 1.54) is 23.4 Å². The molecule has 3 amide bonds. The average molecular weight is 442 g/mol. The standard InChI is InChI=1S/C22H27FN6O3/c1-12(2)18(28-20(30)13(3)24-4)22(32)29-17(10-14-6-5-8-26-19(14)29)21(31)27-16-7-9-25-11-15(16)23/h5-9,11-13,17-18,24H,10H2,1-4H3,(H,28,30)(H,25,27,31)/t13-,17?,18?/m0/s1. The number of hydrogen-bond acceptors (Lipinski definition) is 6. The van der Waals surface area contributed by atoms with E-state index < -0.39 is 35.8 Å². The molecule has 2 aromatic rings. The van der Waals surface area contributed by atoms with Crippen LogP contribution < -0.4 is 20.9 Å². The third-order valence-corrected chi connectivity index (χ3v) is 5.45. The zero-order chi connectivity index (χ0) is 23.4. The number of anilines is 2. The summed E-state index contributed by atoms with van der Waals surface area (Å²) in [5, 5.41) is 8.15. The molecule has 2 aromatic heterocycles. The molecule has 1 aliphatic rings. The molecule has 0 fully saturated rings. The minimum atomic E-state index is -0.945. The van der Waals surface area contributed by atoms with Crippen molar-refractivity contribution in [1.29, 1.82) is 0 Å². The number of likely N-dealkylation sites (N-methyl/N-ethyl adjacent to an activating group) is 1. The van der Waals surface area contributed by atoms with Crippen LogP contribution in [-0.2, 0) is 20.8 Å². The lowest BCUT2D eigenvalue weighted by Crippen LogP contribution is -2.57. The molecule has 0 saturated heterocycles. The summed E-state index contributed by atoms with van der Waals surface area (Å²) in [7, 11) is 1.65. The highest BCUT2D eigenvalue weighted by Gasteiger charge is 2.43. The van der Waals surface area contributed by atoms with Crippen molar-refractivity contribution >= 4 is 29.2 Å². The van der Waals surface area contributed by atoms with Crippen molar-refractivity contribution in [3.8, 4) is 0 Å². The Morgan fingerprint density at radius 2 is 1.94 bits per heavy atom. The predicted octanol–water partition coefficient (Wildman–Crippen LogP) is 1.26. The van der Waals surface area contributed by atoms with E-state index >= 15 is 0 Å². The van der Waals surface area contributed by atoms with Gasteiger partial charge in [0.1, 0.15) is 17.9 Å². The molecule has 3 N–H and O–H groups in total. The summed E-state index contributed by atoms with van der Waals surface area (Å²) < 4.78 is 14.0. The maximum atomic E-state index is 14.0. The summed E-state index contributed by atoms with van der Waals surface area (Å²) in [6.07, 6.45) is 4.11. The predicted molar refractivity (Wildman–Crippen MR) is 117 cm³/mol. The smallest absolute Gasteiger partial charge is 0.251 e. The van der Waals surface area contributed by atoms with Crippen LogP contribution in [0.15, 0.2) is 36.8 Å². The molecule has 0 aliphatic carbocycles. The van der Waals surface area contributed by atoms with Crippen molar-refractivity contribution < 1.29 is 18.8 Å². The molecule has 3 atom stereocenters. The highest BCUT2D eigenvalue weighted by molar-refractivity contribution is 6.09. The van der Waals surface area contributed by atoms with Gasteiger partial charge in [-0.1, -0.05) is 19.9 Å². The van der Waals surface area contributed by atoms with Crippen LogP contribution in [0.2, 0.25) is 0 Å². The maximum absolute atomic E-state index is 14.0. The second-order valence-corrected chi connectivity index (χ2v) is 8.00. The number of rotatable bonds is 7. The van der Waals surface area contributed by atoms with Gasteiger partial charge in [-0.3, -0.25) is 24.3 Å². The molecule has 0 radical (unpaired) electrons. The van der Waals surface area contributed by atoms with Crippen LogP contribution in [0.4, 0.5) is 15.9 Å². The van der Waals surface area contributed by atoms with Gasteiger partial charge in [-0.05, 0) is 37.6 Å². The molecule has 9 nitrogen and oxygen atoms in total. The topological polar surface area (TPSA) is 116 Å². The Labute approximate surface area is 185 Å². The van der Waals surface area contributed by atoms with Crippen LogP contribution in [0.1, 0.15) is 26.3 Å². The molecule has 0 spiro atoms. The third-order valence-electron chi connectivity index (χ3n) is 5.45. The van der Waals surface area contributed by atoms with Crippen molar-refractivity contribution in [3.05, 3.63) is 48.2 Å². The molecule has 0 saturated carbocycles. The number of aromatic nitrogens is 2. The fourth-order valence-corrected chi connectivity index (χ4v) is 3.49. The molecule has 10 heteroatoms. The van der Waals surface area contributed by atoms with E-state index in [2.05, 4.69) is 25.9 Å². The van der Waals surface area contributed by atoms with Gasteiger partial charge in [0, 0.05) is 18.8 Å². The lowest BCUT2D eigenvalue weighted by molar-refractivity contribution is -0.130. The van der Waals surface area contributed by atoms with E-state index in [1.807, 2.05) is 13.8 Å². The van der Waals surface area contributed by atoms with Gasteiger partial charge in [0.15, 0.2) is 5.82 Å². The first kappa shape index (κ1) is 23.3. The molecule has 3 rings (SSSR count). The molecular formula is C22H27FN6O3. The zero-order valence-electron chi connectivity index (χ0n) is 18.4. The fraction of sp³-hybridized carbons (Fsp3) is 0.409. The lowest BCUT2D eigenvalue weighted by atomic mass is 10.0. The van der Waals surface area contributed by atoms with Crippen LogP contribution in [0.5, 0.6) is 0 Å². The first-order valence-electron chi connectivity index (χ1n) is 10.4. The van der Waals surface area contributed by atoms with Gasteiger partial charge >= 0.3 is 0 Å². The van der Waals surface area contributed by atoms with Crippen LogP contribution in [0.3, 0.4) is 0 Å². The average Bonchev–Trinajstić information content (AvgIpc) is 3.17. The SMILES string of the molecule is CN[C@@H](C)C(=O)NC(C(=O)N1c2ncccc2CC1C(=O)Nc1ccncc1F)C(C)C. The summed E-state index contributed by atoms with van der Waals surface area (Å²) in [5.74, 6) is -1.91. The van der Waals surface area contributed by atoms with E-state index in [0.29, 0.717) is 11.4 Å². The number of carbonyl (C=O) groups is 3. The summed E-state index contributed by atoms with van der Waals surface area (Å²) in [5.41, 5.74) is 0.687. The van der Waals surface area contributed by atoms with Crippen molar-refractivity contribution in [2.45, 2.75) is 45.3 Å². The number of halogens is 1. The van der Waals surface area contributed by atoms with Crippen molar-refractivity contribution in [3.63, 3.8) is 0 Å². The summed E-state index contributed by atoms with van der Waals surface area (Å²) in [6, 6.07) is 2.53. The van der Waals surface area contributed by atoms with Gasteiger partial charge in [-0.2, -0.15) is 0 Å². The molecule has 2 unspecified atom stereocenters. The highest BCUT2D eigenvalue weighted by atomic mass is 19.1. The van der Waals surface area contributed by atoms with Gasteiger partial charge in [-0.15, -0.1) is 0 Å². The number of pyridine rings is 2. The largest absolute Gasteiger partial charge is 0.343 e. The van der Waals surface area contributed by atoms with Crippen LogP contribution in [0, 0.1) is 11.7 Å². The quantitative estimate of drug-likeness (QED) is 0.595. The molecule has 3 heterocycles. The van der Waals surface area contributed by atoms with Crippen molar-refractivity contribution in [1.82, 2.24) is 20.6 Å². The van der Waals surface area contributed by atoms with E-state index in [9.17, 15) is 18.8 Å². The normalized spacial score (nSPS) is 16.9. The lowest BCUT2D eigenvalue weighted by Gasteiger charge is -2.31. The Morgan fingerprint density at radius 1 is 1.19 bits per heavy atom. The van der Waals surface area contributed by atoms with Crippen LogP contribution in [-0.4, -0.2) is 52.9 Å². The van der Waals surface area contributed by atoms with E-state index in [0.717, 1.165) is 6.20 Å². The maximum Gasteiger partial charge on any atom is 0.251 e. The highest BCUT2D eigenvalue weighted by Crippen LogP contribution is 2.32. The fourth-order valence-electron chi connectivity index (χ4n) is 3.49. The Balaban J connectivity index is 1.91. The van der Waals surface area contributed by atoms with Gasteiger partial charge < -0.3 is 16.0 Å². The number of fused-ring (bicyclic) bond motifs is 1. The molecule has 0 aromatic carbocycles. The Morgan fingerprint density at radius 3 is 2.59 bits per heavy atom. The second kappa shape index (κ2) is 9.82. The van der Waals surface area contributed by atoms with Crippen molar-refractivity contribution in [2.75, 3.05) is 17.3 Å². The molecule has 170 valence electrons. The van der Waals surface area contributed by atoms with Crippen LogP contribution in [0.25, 0.3) is 0 Å². The van der Waals surface area contributed by atoms with E-state index in [-0.39, 0.29) is 23.9 Å². The summed E-state index contributed by atoms with van der Waals surface area (Å²) in [4.78, 5) is 48.5.